The van der Waals surface area contributed by atoms with E-state index in [1.165, 1.54) is 0 Å². The van der Waals surface area contributed by atoms with Crippen molar-refractivity contribution in [1.29, 1.82) is 0 Å². The molecule has 3 aromatic heterocycles. The number of rotatable bonds is 6. The Kier molecular flexibility index (Phi) is 4.60. The summed E-state index contributed by atoms with van der Waals surface area (Å²) in [6.45, 7) is 2.16. The Hall–Kier alpha value is -3.21. The minimum absolute atomic E-state index is 0.253. The van der Waals surface area contributed by atoms with Crippen molar-refractivity contribution >= 4 is 16.7 Å². The number of benzene rings is 1. The van der Waals surface area contributed by atoms with Crippen molar-refractivity contribution in [2.45, 2.75) is 25.8 Å². The lowest BCUT2D eigenvalue weighted by molar-refractivity contribution is 0.495. The Bertz CT molecular complexity index is 984. The standard InChI is InChI=1S/C21H20N4O/c1-15(8-9-17-5-4-14-26-17)23-21-18-6-2-3-7-19(18)24-20(25-21)16-10-12-22-13-11-16/h2-7,10-15H,8-9H2,1H3,(H,23,24,25)/t15-/m1/s1. The van der Waals surface area contributed by atoms with Gasteiger partial charge in [-0.2, -0.15) is 0 Å². The maximum absolute atomic E-state index is 5.42. The van der Waals surface area contributed by atoms with Crippen molar-refractivity contribution in [3.63, 3.8) is 0 Å². The van der Waals surface area contributed by atoms with Gasteiger partial charge in [-0.1, -0.05) is 12.1 Å². The quantitative estimate of drug-likeness (QED) is 0.548. The Morgan fingerprint density at radius 3 is 2.65 bits per heavy atom. The molecular formula is C21H20N4O. The van der Waals surface area contributed by atoms with Crippen molar-refractivity contribution < 1.29 is 4.42 Å². The van der Waals surface area contributed by atoms with Crippen LogP contribution < -0.4 is 5.32 Å². The molecule has 0 aliphatic carbocycles. The largest absolute Gasteiger partial charge is 0.469 e. The monoisotopic (exact) mass is 344 g/mol. The molecule has 0 radical (unpaired) electrons. The second-order valence-corrected chi connectivity index (χ2v) is 6.31. The van der Waals surface area contributed by atoms with Gasteiger partial charge in [0.15, 0.2) is 5.82 Å². The molecule has 0 fully saturated rings. The zero-order valence-corrected chi connectivity index (χ0v) is 14.6. The van der Waals surface area contributed by atoms with Crippen LogP contribution in [-0.4, -0.2) is 21.0 Å². The van der Waals surface area contributed by atoms with E-state index in [1.54, 1.807) is 18.7 Å². The smallest absolute Gasteiger partial charge is 0.162 e. The second-order valence-electron chi connectivity index (χ2n) is 6.31. The van der Waals surface area contributed by atoms with Crippen molar-refractivity contribution in [3.8, 4) is 11.4 Å². The average Bonchev–Trinajstić information content (AvgIpc) is 3.21. The van der Waals surface area contributed by atoms with E-state index >= 15 is 0 Å². The minimum Gasteiger partial charge on any atom is -0.469 e. The molecule has 26 heavy (non-hydrogen) atoms. The van der Waals surface area contributed by atoms with Crippen LogP contribution in [0.1, 0.15) is 19.1 Å². The van der Waals surface area contributed by atoms with Gasteiger partial charge in [0.1, 0.15) is 11.6 Å². The van der Waals surface area contributed by atoms with Gasteiger partial charge in [-0.15, -0.1) is 0 Å². The average molecular weight is 344 g/mol. The summed E-state index contributed by atoms with van der Waals surface area (Å²) in [6, 6.07) is 16.1. The predicted molar refractivity (Wildman–Crippen MR) is 103 cm³/mol. The fourth-order valence-electron chi connectivity index (χ4n) is 2.94. The molecule has 130 valence electrons. The molecule has 1 aromatic carbocycles. The summed E-state index contributed by atoms with van der Waals surface area (Å²) < 4.78 is 5.42. The first-order valence-corrected chi connectivity index (χ1v) is 8.76. The maximum Gasteiger partial charge on any atom is 0.162 e. The van der Waals surface area contributed by atoms with E-state index < -0.39 is 0 Å². The number of anilines is 1. The molecule has 0 saturated heterocycles. The lowest BCUT2D eigenvalue weighted by Gasteiger charge is -2.16. The fraction of sp³-hybridized carbons (Fsp3) is 0.190. The first kappa shape index (κ1) is 16.3. The van der Waals surface area contributed by atoms with Gasteiger partial charge < -0.3 is 9.73 Å². The van der Waals surface area contributed by atoms with Crippen LogP contribution in [0.3, 0.4) is 0 Å². The molecule has 0 aliphatic rings. The summed E-state index contributed by atoms with van der Waals surface area (Å²) in [5, 5.41) is 4.57. The Morgan fingerprint density at radius 2 is 1.85 bits per heavy atom. The second kappa shape index (κ2) is 7.35. The zero-order chi connectivity index (χ0) is 17.8. The van der Waals surface area contributed by atoms with E-state index in [9.17, 15) is 0 Å². The van der Waals surface area contributed by atoms with Gasteiger partial charge in [0.25, 0.3) is 0 Å². The van der Waals surface area contributed by atoms with Crippen LogP contribution in [0.2, 0.25) is 0 Å². The van der Waals surface area contributed by atoms with Crippen molar-refractivity contribution in [2.75, 3.05) is 5.32 Å². The topological polar surface area (TPSA) is 63.8 Å². The molecule has 4 aromatic rings. The highest BCUT2D eigenvalue weighted by Crippen LogP contribution is 2.25. The Balaban J connectivity index is 1.62. The molecule has 1 N–H and O–H groups in total. The maximum atomic E-state index is 5.42. The first-order valence-electron chi connectivity index (χ1n) is 8.76. The zero-order valence-electron chi connectivity index (χ0n) is 14.6. The van der Waals surface area contributed by atoms with Gasteiger partial charge in [0.2, 0.25) is 0 Å². The number of hydrogen-bond acceptors (Lipinski definition) is 5. The van der Waals surface area contributed by atoms with Crippen LogP contribution in [0.5, 0.6) is 0 Å². The molecule has 5 heteroatoms. The molecule has 0 amide bonds. The normalized spacial score (nSPS) is 12.2. The van der Waals surface area contributed by atoms with Gasteiger partial charge >= 0.3 is 0 Å². The molecule has 0 bridgehead atoms. The molecule has 0 aliphatic heterocycles. The third kappa shape index (κ3) is 3.57. The van der Waals surface area contributed by atoms with Crippen LogP contribution >= 0.6 is 0 Å². The summed E-state index contributed by atoms with van der Waals surface area (Å²) in [7, 11) is 0. The number of nitrogens with zero attached hydrogens (tertiary/aromatic N) is 3. The van der Waals surface area contributed by atoms with E-state index in [0.717, 1.165) is 40.9 Å². The number of furan rings is 1. The number of aryl methyl sites for hydroxylation is 1. The molecule has 5 nitrogen and oxygen atoms in total. The van der Waals surface area contributed by atoms with Crippen LogP contribution in [0, 0.1) is 0 Å². The van der Waals surface area contributed by atoms with E-state index in [-0.39, 0.29) is 6.04 Å². The van der Waals surface area contributed by atoms with E-state index in [1.807, 2.05) is 48.5 Å². The Labute approximate surface area is 152 Å². The molecule has 4 rings (SSSR count). The lowest BCUT2D eigenvalue weighted by Crippen LogP contribution is -2.17. The summed E-state index contributed by atoms with van der Waals surface area (Å²) in [6.07, 6.45) is 7.07. The van der Waals surface area contributed by atoms with E-state index in [2.05, 4.69) is 17.2 Å². The van der Waals surface area contributed by atoms with Crippen LogP contribution in [0.4, 0.5) is 5.82 Å². The number of fused-ring (bicyclic) bond motifs is 1. The van der Waals surface area contributed by atoms with Gasteiger partial charge in [-0.25, -0.2) is 9.97 Å². The third-order valence-electron chi connectivity index (χ3n) is 4.33. The van der Waals surface area contributed by atoms with Gasteiger partial charge in [0.05, 0.1) is 11.8 Å². The Morgan fingerprint density at radius 1 is 1.00 bits per heavy atom. The highest BCUT2D eigenvalue weighted by Gasteiger charge is 2.12. The number of pyridine rings is 1. The fourth-order valence-corrected chi connectivity index (χ4v) is 2.94. The number of hydrogen-bond donors (Lipinski definition) is 1. The van der Waals surface area contributed by atoms with Crippen molar-refractivity contribution in [1.82, 2.24) is 15.0 Å². The van der Waals surface area contributed by atoms with Gasteiger partial charge in [-0.3, -0.25) is 4.98 Å². The highest BCUT2D eigenvalue weighted by atomic mass is 16.3. The summed E-state index contributed by atoms with van der Waals surface area (Å²) in [5.41, 5.74) is 1.88. The minimum atomic E-state index is 0.253. The SMILES string of the molecule is C[C@H](CCc1ccco1)Nc1nc(-c2ccncc2)nc2ccccc12. The third-order valence-corrected chi connectivity index (χ3v) is 4.33. The number of nitrogens with one attached hydrogen (secondary N) is 1. The highest BCUT2D eigenvalue weighted by molar-refractivity contribution is 5.90. The molecule has 3 heterocycles. The first-order chi connectivity index (χ1) is 12.8. The summed E-state index contributed by atoms with van der Waals surface area (Å²) in [5.74, 6) is 2.56. The van der Waals surface area contributed by atoms with Gasteiger partial charge in [0, 0.05) is 35.8 Å². The predicted octanol–water partition coefficient (Wildman–Crippen LogP) is 4.72. The van der Waals surface area contributed by atoms with Gasteiger partial charge in [-0.05, 0) is 49.7 Å². The molecule has 0 unspecified atom stereocenters. The molecule has 0 spiro atoms. The van der Waals surface area contributed by atoms with E-state index in [0.29, 0.717) is 5.82 Å². The molecule has 1 atom stereocenters. The molecular weight excluding hydrogens is 324 g/mol. The summed E-state index contributed by atoms with van der Waals surface area (Å²) >= 11 is 0. The number of para-hydroxylation sites is 1. The number of aromatic nitrogens is 3. The van der Waals surface area contributed by atoms with Crippen molar-refractivity contribution in [3.05, 3.63) is 72.9 Å². The van der Waals surface area contributed by atoms with Crippen LogP contribution in [0.25, 0.3) is 22.3 Å². The molecule has 0 saturated carbocycles. The van der Waals surface area contributed by atoms with E-state index in [4.69, 9.17) is 14.4 Å². The summed E-state index contributed by atoms with van der Waals surface area (Å²) in [4.78, 5) is 13.6. The van der Waals surface area contributed by atoms with Crippen molar-refractivity contribution in [2.24, 2.45) is 0 Å². The van der Waals surface area contributed by atoms with Crippen LogP contribution in [0.15, 0.2) is 71.6 Å². The lowest BCUT2D eigenvalue weighted by atomic mass is 10.1. The van der Waals surface area contributed by atoms with Crippen LogP contribution in [-0.2, 0) is 6.42 Å².